The molecule has 1 amide bonds. The lowest BCUT2D eigenvalue weighted by Gasteiger charge is -2.30. The second kappa shape index (κ2) is 5.91. The average molecular weight is 336 g/mol. The van der Waals surface area contributed by atoms with Crippen LogP contribution in [-0.4, -0.2) is 38.8 Å². The Morgan fingerprint density at radius 2 is 2.04 bits per heavy atom. The van der Waals surface area contributed by atoms with E-state index in [9.17, 15) is 13.2 Å². The summed E-state index contributed by atoms with van der Waals surface area (Å²) < 4.78 is 27.5. The predicted octanol–water partition coefficient (Wildman–Crippen LogP) is 1.92. The monoisotopic (exact) mass is 336 g/mol. The predicted molar refractivity (Wildman–Crippen MR) is 88.4 cm³/mol. The molecule has 2 atom stereocenters. The first-order valence-corrected chi connectivity index (χ1v) is 9.62. The number of carbonyl (C=O) groups is 1. The molecular weight excluding hydrogens is 312 g/mol. The van der Waals surface area contributed by atoms with E-state index in [-0.39, 0.29) is 17.2 Å². The fourth-order valence-electron chi connectivity index (χ4n) is 4.26. The van der Waals surface area contributed by atoms with E-state index in [1.54, 1.807) is 23.5 Å². The molecule has 0 unspecified atom stereocenters. The van der Waals surface area contributed by atoms with Crippen LogP contribution in [0.2, 0.25) is 0 Å². The van der Waals surface area contributed by atoms with Crippen LogP contribution in [0.3, 0.4) is 0 Å². The molecule has 1 spiro atoms. The Hall–Kier alpha value is -1.40. The van der Waals surface area contributed by atoms with Crippen molar-refractivity contribution in [1.82, 2.24) is 9.62 Å². The van der Waals surface area contributed by atoms with E-state index in [0.717, 1.165) is 31.2 Å². The number of hydrogen-bond donors (Lipinski definition) is 1. The zero-order valence-electron chi connectivity index (χ0n) is 13.7. The minimum absolute atomic E-state index is 0.0534. The van der Waals surface area contributed by atoms with Gasteiger partial charge in [-0.3, -0.25) is 4.79 Å². The summed E-state index contributed by atoms with van der Waals surface area (Å²) in [6, 6.07) is 7.09. The van der Waals surface area contributed by atoms with Crippen molar-refractivity contribution in [3.8, 4) is 0 Å². The van der Waals surface area contributed by atoms with Gasteiger partial charge in [-0.25, -0.2) is 8.42 Å². The van der Waals surface area contributed by atoms with E-state index in [4.69, 9.17) is 0 Å². The first-order valence-electron chi connectivity index (χ1n) is 8.18. The Balaban J connectivity index is 1.88. The van der Waals surface area contributed by atoms with Crippen molar-refractivity contribution >= 4 is 15.9 Å². The van der Waals surface area contributed by atoms with E-state index in [1.807, 2.05) is 19.1 Å². The average Bonchev–Trinajstić information content (AvgIpc) is 3.15. The molecule has 6 heteroatoms. The number of carbonyl (C=O) groups excluding carboxylic acids is 1. The summed E-state index contributed by atoms with van der Waals surface area (Å²) in [6.07, 6.45) is 3.56. The molecule has 0 bridgehead atoms. The fourth-order valence-corrected chi connectivity index (χ4v) is 6.02. The summed E-state index contributed by atoms with van der Waals surface area (Å²) in [5, 5.41) is 2.75. The van der Waals surface area contributed by atoms with Crippen LogP contribution in [-0.2, 0) is 14.8 Å². The smallest absolute Gasteiger partial charge is 0.243 e. The maximum Gasteiger partial charge on any atom is 0.243 e. The molecule has 5 nitrogen and oxygen atoms in total. The van der Waals surface area contributed by atoms with Crippen molar-refractivity contribution in [3.63, 3.8) is 0 Å². The van der Waals surface area contributed by atoms with Crippen LogP contribution in [0.5, 0.6) is 0 Å². The maximum absolute atomic E-state index is 13.0. The van der Waals surface area contributed by atoms with Gasteiger partial charge in [0.15, 0.2) is 0 Å². The van der Waals surface area contributed by atoms with Crippen LogP contribution in [0.4, 0.5) is 0 Å². The number of hydrogen-bond acceptors (Lipinski definition) is 3. The van der Waals surface area contributed by atoms with E-state index in [2.05, 4.69) is 5.32 Å². The highest BCUT2D eigenvalue weighted by molar-refractivity contribution is 7.89. The van der Waals surface area contributed by atoms with Crippen molar-refractivity contribution < 1.29 is 13.2 Å². The number of sulfonamides is 1. The summed E-state index contributed by atoms with van der Waals surface area (Å²) >= 11 is 0. The second-order valence-electron chi connectivity index (χ2n) is 6.78. The van der Waals surface area contributed by atoms with Gasteiger partial charge in [-0.2, -0.15) is 4.31 Å². The van der Waals surface area contributed by atoms with Gasteiger partial charge < -0.3 is 5.32 Å². The summed E-state index contributed by atoms with van der Waals surface area (Å²) in [5.74, 6) is -0.0118. The first-order chi connectivity index (χ1) is 10.9. The minimum atomic E-state index is -3.49. The highest BCUT2D eigenvalue weighted by atomic mass is 32.2. The molecule has 1 heterocycles. The fraction of sp³-hybridized carbons (Fsp3) is 0.588. The summed E-state index contributed by atoms with van der Waals surface area (Å²) in [4.78, 5) is 12.6. The minimum Gasteiger partial charge on any atom is -0.359 e. The third-order valence-corrected chi connectivity index (χ3v) is 7.54. The molecule has 2 aliphatic rings. The zero-order chi connectivity index (χ0) is 16.7. The van der Waals surface area contributed by atoms with Crippen LogP contribution in [0, 0.1) is 18.3 Å². The van der Waals surface area contributed by atoms with Gasteiger partial charge >= 0.3 is 0 Å². The summed E-state index contributed by atoms with van der Waals surface area (Å²) in [5.41, 5.74) is 0.582. The van der Waals surface area contributed by atoms with Gasteiger partial charge in [0.2, 0.25) is 15.9 Å². The molecule has 1 saturated carbocycles. The van der Waals surface area contributed by atoms with Gasteiger partial charge in [0, 0.05) is 26.1 Å². The van der Waals surface area contributed by atoms with Crippen LogP contribution in [0.25, 0.3) is 0 Å². The van der Waals surface area contributed by atoms with E-state index >= 15 is 0 Å². The Labute approximate surface area is 138 Å². The highest BCUT2D eigenvalue weighted by Crippen LogP contribution is 2.50. The van der Waals surface area contributed by atoms with Gasteiger partial charge in [0.1, 0.15) is 0 Å². The van der Waals surface area contributed by atoms with Gasteiger partial charge in [0.25, 0.3) is 0 Å². The molecule has 0 aromatic heterocycles. The molecule has 2 fully saturated rings. The Morgan fingerprint density at radius 1 is 1.30 bits per heavy atom. The molecule has 1 saturated heterocycles. The molecule has 1 N–H and O–H groups in total. The Kier molecular flexibility index (Phi) is 4.23. The SMILES string of the molecule is CNC(=O)[C@H]1CCC[C@@]12CCN(S(=O)(=O)c1ccccc1C)C2. The largest absolute Gasteiger partial charge is 0.359 e. The second-order valence-corrected chi connectivity index (χ2v) is 8.68. The zero-order valence-corrected chi connectivity index (χ0v) is 14.5. The number of aryl methyl sites for hydroxylation is 1. The van der Waals surface area contributed by atoms with Crippen LogP contribution >= 0.6 is 0 Å². The third-order valence-electron chi connectivity index (χ3n) is 5.53. The van der Waals surface area contributed by atoms with Crippen molar-refractivity contribution in [3.05, 3.63) is 29.8 Å². The molecule has 126 valence electrons. The molecular formula is C17H24N2O3S. The van der Waals surface area contributed by atoms with Gasteiger partial charge in [-0.15, -0.1) is 0 Å². The Bertz CT molecular complexity index is 716. The first kappa shape index (κ1) is 16.5. The van der Waals surface area contributed by atoms with E-state index in [1.165, 1.54) is 0 Å². The quantitative estimate of drug-likeness (QED) is 0.917. The van der Waals surface area contributed by atoms with Crippen molar-refractivity contribution in [1.29, 1.82) is 0 Å². The van der Waals surface area contributed by atoms with Crippen molar-refractivity contribution in [2.24, 2.45) is 11.3 Å². The lowest BCUT2D eigenvalue weighted by atomic mass is 9.76. The van der Waals surface area contributed by atoms with E-state index < -0.39 is 10.0 Å². The number of nitrogens with one attached hydrogen (secondary N) is 1. The summed E-state index contributed by atoms with van der Waals surface area (Å²) in [7, 11) is -1.83. The van der Waals surface area contributed by atoms with Crippen LogP contribution in [0.1, 0.15) is 31.2 Å². The molecule has 1 aromatic rings. The Morgan fingerprint density at radius 3 is 2.74 bits per heavy atom. The number of amides is 1. The number of rotatable bonds is 3. The van der Waals surface area contributed by atoms with Gasteiger partial charge in [0.05, 0.1) is 4.90 Å². The normalized spacial score (nSPS) is 28.3. The molecule has 23 heavy (non-hydrogen) atoms. The molecule has 1 aliphatic carbocycles. The van der Waals surface area contributed by atoms with Crippen molar-refractivity contribution in [2.75, 3.05) is 20.1 Å². The van der Waals surface area contributed by atoms with Crippen molar-refractivity contribution in [2.45, 2.75) is 37.5 Å². The lowest BCUT2D eigenvalue weighted by Crippen LogP contribution is -2.40. The number of benzene rings is 1. The summed E-state index contributed by atoms with van der Waals surface area (Å²) in [6.45, 7) is 2.79. The van der Waals surface area contributed by atoms with Gasteiger partial charge in [-0.05, 0) is 43.2 Å². The van der Waals surface area contributed by atoms with Crippen LogP contribution < -0.4 is 5.32 Å². The van der Waals surface area contributed by atoms with E-state index in [0.29, 0.717) is 18.0 Å². The van der Waals surface area contributed by atoms with Crippen LogP contribution in [0.15, 0.2) is 29.2 Å². The molecule has 3 rings (SSSR count). The van der Waals surface area contributed by atoms with Gasteiger partial charge in [-0.1, -0.05) is 24.6 Å². The standard InChI is InChI=1S/C17H24N2O3S/c1-13-6-3-4-8-15(13)23(21,22)19-11-10-17(12-19)9-5-7-14(17)16(20)18-2/h3-4,6,8,14H,5,7,9-12H2,1-2H3,(H,18,20)/t14-,17+/m1/s1. The molecule has 0 radical (unpaired) electrons. The number of nitrogens with zero attached hydrogens (tertiary/aromatic N) is 1. The topological polar surface area (TPSA) is 66.5 Å². The third kappa shape index (κ3) is 2.68. The maximum atomic E-state index is 13.0. The molecule has 1 aliphatic heterocycles. The molecule has 1 aromatic carbocycles. The lowest BCUT2D eigenvalue weighted by molar-refractivity contribution is -0.127. The highest BCUT2D eigenvalue weighted by Gasteiger charge is 2.52.